The Morgan fingerprint density at radius 3 is 2.11 bits per heavy atom. The van der Waals surface area contributed by atoms with E-state index in [4.69, 9.17) is 5.73 Å². The summed E-state index contributed by atoms with van der Waals surface area (Å²) in [5, 5.41) is 44.8. The number of carbonyl (C=O) groups is 5. The fourth-order valence-corrected chi connectivity index (χ4v) is 3.38. The number of hydrogen-bond donors (Lipinski definition) is 9. The Morgan fingerprint density at radius 1 is 0.947 bits per heavy atom. The highest BCUT2D eigenvalue weighted by molar-refractivity contribution is 5.95. The lowest BCUT2D eigenvalue weighted by atomic mass is 10.0. The van der Waals surface area contributed by atoms with E-state index < -0.39 is 66.4 Å². The summed E-state index contributed by atoms with van der Waals surface area (Å²) in [6.45, 7) is 1.16. The lowest BCUT2D eigenvalue weighted by Gasteiger charge is -2.26. The second kappa shape index (κ2) is 13.7. The van der Waals surface area contributed by atoms with Crippen LogP contribution < -0.4 is 21.7 Å². The molecule has 0 aliphatic heterocycles. The van der Waals surface area contributed by atoms with Gasteiger partial charge in [0.1, 0.15) is 23.9 Å². The molecule has 1 aromatic carbocycles. The normalized spacial score (nSPS) is 14.8. The number of nitrogens with one attached hydrogen (secondary N) is 4. The Bertz CT molecular complexity index is 1120. The molecule has 5 unspecified atom stereocenters. The van der Waals surface area contributed by atoms with Gasteiger partial charge in [-0.2, -0.15) is 0 Å². The smallest absolute Gasteiger partial charge is 0.326 e. The number of carboxylic acid groups (broad SMARTS) is 2. The van der Waals surface area contributed by atoms with Gasteiger partial charge in [0.05, 0.1) is 24.9 Å². The molecule has 10 N–H and O–H groups in total. The summed E-state index contributed by atoms with van der Waals surface area (Å²) in [7, 11) is 0. The van der Waals surface area contributed by atoms with Crippen LogP contribution >= 0.6 is 0 Å². The minimum Gasteiger partial charge on any atom is -0.508 e. The molecule has 3 amide bonds. The van der Waals surface area contributed by atoms with Crippen molar-refractivity contribution < 1.29 is 44.4 Å². The Balaban J connectivity index is 2.10. The van der Waals surface area contributed by atoms with E-state index in [1.165, 1.54) is 36.8 Å². The van der Waals surface area contributed by atoms with Crippen molar-refractivity contribution in [2.45, 2.75) is 56.5 Å². The number of hydrogen-bond acceptors (Lipinski definition) is 9. The predicted octanol–water partition coefficient (Wildman–Crippen LogP) is -2.38. The lowest BCUT2D eigenvalue weighted by molar-refractivity contribution is -0.144. The van der Waals surface area contributed by atoms with Crippen LogP contribution in [0.25, 0.3) is 0 Å². The SMILES string of the molecule is CC(O)C(NC(=O)C(CC(=O)O)NC(=O)C(N)Cc1cnc[nH]1)C(=O)NC(Cc1ccc(O)cc1)C(=O)O. The predicted molar refractivity (Wildman–Crippen MR) is 129 cm³/mol. The standard InChI is InChI=1S/C23H30N6O9/c1-11(30)19(22(36)28-17(23(37)38)6-12-2-4-14(31)5-3-12)29-21(35)16(8-18(32)33)27-20(34)15(24)7-13-9-25-10-26-13/h2-5,9-11,15-17,19,30-31H,6-8,24H2,1H3,(H,25,26)(H,27,34)(H,28,36)(H,29,35)(H,32,33)(H,37,38). The third-order valence-corrected chi connectivity index (χ3v) is 5.40. The van der Waals surface area contributed by atoms with Crippen LogP contribution in [-0.4, -0.2) is 90.3 Å². The molecular formula is C23H30N6O9. The molecule has 38 heavy (non-hydrogen) atoms. The molecule has 0 bridgehead atoms. The van der Waals surface area contributed by atoms with Crippen LogP contribution in [0.4, 0.5) is 0 Å². The number of aromatic amines is 1. The van der Waals surface area contributed by atoms with Gasteiger partial charge in [-0.05, 0) is 24.6 Å². The molecule has 0 fully saturated rings. The fraction of sp³-hybridized carbons (Fsp3) is 0.391. The molecule has 2 aromatic rings. The van der Waals surface area contributed by atoms with E-state index in [1.807, 2.05) is 0 Å². The first-order valence-corrected chi connectivity index (χ1v) is 11.4. The maximum absolute atomic E-state index is 12.8. The number of imidazole rings is 1. The number of H-pyrrole nitrogens is 1. The zero-order valence-corrected chi connectivity index (χ0v) is 20.3. The number of phenolic OH excluding ortho intramolecular Hbond substituents is 1. The number of phenols is 1. The minimum atomic E-state index is -1.68. The number of rotatable bonds is 14. The van der Waals surface area contributed by atoms with Crippen LogP contribution in [0.3, 0.4) is 0 Å². The van der Waals surface area contributed by atoms with Gasteiger partial charge in [-0.25, -0.2) is 9.78 Å². The average molecular weight is 535 g/mol. The number of aliphatic carboxylic acids is 2. The maximum Gasteiger partial charge on any atom is 0.326 e. The van der Waals surface area contributed by atoms with Crippen LogP contribution in [-0.2, 0) is 36.8 Å². The van der Waals surface area contributed by atoms with E-state index >= 15 is 0 Å². The number of carbonyl (C=O) groups excluding carboxylic acids is 3. The number of nitrogens with zero attached hydrogens (tertiary/aromatic N) is 1. The van der Waals surface area contributed by atoms with E-state index in [2.05, 4.69) is 25.9 Å². The summed E-state index contributed by atoms with van der Waals surface area (Å²) in [4.78, 5) is 67.7. The summed E-state index contributed by atoms with van der Waals surface area (Å²) >= 11 is 0. The minimum absolute atomic E-state index is 0.0174. The number of carboxylic acids is 2. The van der Waals surface area contributed by atoms with Crippen LogP contribution in [0, 0.1) is 0 Å². The number of benzene rings is 1. The highest BCUT2D eigenvalue weighted by Gasteiger charge is 2.33. The summed E-state index contributed by atoms with van der Waals surface area (Å²) in [6, 6.07) is -0.361. The summed E-state index contributed by atoms with van der Waals surface area (Å²) in [5.74, 6) is -5.89. The summed E-state index contributed by atoms with van der Waals surface area (Å²) in [5.41, 5.74) is 6.83. The Labute approximate surface area is 216 Å². The topological polar surface area (TPSA) is 257 Å². The molecule has 0 saturated heterocycles. The third-order valence-electron chi connectivity index (χ3n) is 5.40. The first kappa shape index (κ1) is 29.7. The highest BCUT2D eigenvalue weighted by Crippen LogP contribution is 2.12. The number of aliphatic hydroxyl groups excluding tert-OH is 1. The van der Waals surface area contributed by atoms with Crippen molar-refractivity contribution in [3.05, 3.63) is 48.0 Å². The van der Waals surface area contributed by atoms with Crippen LogP contribution in [0.1, 0.15) is 24.6 Å². The molecule has 5 atom stereocenters. The molecule has 0 spiro atoms. The fourth-order valence-electron chi connectivity index (χ4n) is 3.38. The van der Waals surface area contributed by atoms with Gasteiger partial charge in [0.2, 0.25) is 17.7 Å². The van der Waals surface area contributed by atoms with Crippen LogP contribution in [0.5, 0.6) is 5.75 Å². The van der Waals surface area contributed by atoms with E-state index in [9.17, 15) is 44.4 Å². The van der Waals surface area contributed by atoms with Crippen molar-refractivity contribution >= 4 is 29.7 Å². The molecule has 15 heteroatoms. The second-order valence-electron chi connectivity index (χ2n) is 8.54. The van der Waals surface area contributed by atoms with Gasteiger partial charge >= 0.3 is 11.9 Å². The van der Waals surface area contributed by atoms with Gasteiger partial charge in [-0.3, -0.25) is 19.2 Å². The number of aromatic nitrogens is 2. The number of aromatic hydroxyl groups is 1. The number of nitrogens with two attached hydrogens (primary N) is 1. The van der Waals surface area contributed by atoms with Crippen molar-refractivity contribution in [1.29, 1.82) is 0 Å². The molecule has 1 heterocycles. The summed E-state index contributed by atoms with van der Waals surface area (Å²) in [6.07, 6.45) is 0.276. The molecular weight excluding hydrogens is 504 g/mol. The average Bonchev–Trinajstić information content (AvgIpc) is 3.35. The molecule has 1 aromatic heterocycles. The first-order valence-electron chi connectivity index (χ1n) is 11.4. The molecule has 0 saturated carbocycles. The Morgan fingerprint density at radius 2 is 1.58 bits per heavy atom. The Kier molecular flexibility index (Phi) is 10.7. The third kappa shape index (κ3) is 9.18. The molecule has 2 rings (SSSR count). The number of aliphatic hydroxyl groups is 1. The van der Waals surface area contributed by atoms with Crippen molar-refractivity contribution in [2.75, 3.05) is 0 Å². The van der Waals surface area contributed by atoms with E-state index in [-0.39, 0.29) is 18.6 Å². The van der Waals surface area contributed by atoms with Gasteiger partial charge in [-0.15, -0.1) is 0 Å². The number of amides is 3. The van der Waals surface area contributed by atoms with Crippen molar-refractivity contribution in [2.24, 2.45) is 5.73 Å². The van der Waals surface area contributed by atoms with E-state index in [0.717, 1.165) is 6.92 Å². The molecule has 0 aliphatic rings. The van der Waals surface area contributed by atoms with Gasteiger partial charge in [0, 0.05) is 24.7 Å². The summed E-state index contributed by atoms with van der Waals surface area (Å²) < 4.78 is 0. The highest BCUT2D eigenvalue weighted by atomic mass is 16.4. The molecule has 0 radical (unpaired) electrons. The van der Waals surface area contributed by atoms with Gasteiger partial charge in [-0.1, -0.05) is 12.1 Å². The van der Waals surface area contributed by atoms with Gasteiger partial charge in [0.25, 0.3) is 0 Å². The van der Waals surface area contributed by atoms with Crippen LogP contribution in [0.15, 0.2) is 36.8 Å². The van der Waals surface area contributed by atoms with Crippen molar-refractivity contribution in [3.8, 4) is 5.75 Å². The van der Waals surface area contributed by atoms with Gasteiger partial charge in [0.15, 0.2) is 0 Å². The molecule has 15 nitrogen and oxygen atoms in total. The second-order valence-corrected chi connectivity index (χ2v) is 8.54. The van der Waals surface area contributed by atoms with Crippen LogP contribution in [0.2, 0.25) is 0 Å². The lowest BCUT2D eigenvalue weighted by Crippen LogP contribution is -2.60. The quantitative estimate of drug-likeness (QED) is 0.124. The monoisotopic (exact) mass is 534 g/mol. The zero-order valence-electron chi connectivity index (χ0n) is 20.3. The van der Waals surface area contributed by atoms with E-state index in [1.54, 1.807) is 0 Å². The zero-order chi connectivity index (χ0) is 28.4. The maximum atomic E-state index is 12.8. The molecule has 0 aliphatic carbocycles. The van der Waals surface area contributed by atoms with E-state index in [0.29, 0.717) is 11.3 Å². The van der Waals surface area contributed by atoms with Gasteiger partial charge < -0.3 is 47.1 Å². The Hall–Kier alpha value is -4.50. The van der Waals surface area contributed by atoms with Crippen molar-refractivity contribution in [3.63, 3.8) is 0 Å². The largest absolute Gasteiger partial charge is 0.508 e. The van der Waals surface area contributed by atoms with Crippen molar-refractivity contribution in [1.82, 2.24) is 25.9 Å². The first-order chi connectivity index (χ1) is 17.9. The molecule has 206 valence electrons.